The van der Waals surface area contributed by atoms with Gasteiger partial charge in [0.2, 0.25) is 5.91 Å². The Balaban J connectivity index is 2.50. The van der Waals surface area contributed by atoms with Gasteiger partial charge in [-0.15, -0.1) is 0 Å². The molecule has 1 aromatic rings. The summed E-state index contributed by atoms with van der Waals surface area (Å²) in [6.45, 7) is 2.18. The zero-order chi connectivity index (χ0) is 10.6. The van der Waals surface area contributed by atoms with Crippen LogP contribution >= 0.6 is 15.9 Å². The second-order valence-electron chi connectivity index (χ2n) is 3.14. The number of carbonyl (C=O) groups excluding carboxylic acids is 1. The van der Waals surface area contributed by atoms with E-state index in [1.165, 1.54) is 0 Å². The summed E-state index contributed by atoms with van der Waals surface area (Å²) in [4.78, 5) is 11.2. The Hall–Kier alpha value is -0.870. The number of carbonyl (C=O) groups is 1. The monoisotopic (exact) mass is 256 g/mol. The molecule has 0 radical (unpaired) electrons. The molecule has 1 aromatic carbocycles. The first-order valence-electron chi connectivity index (χ1n) is 4.37. The first-order valence-corrected chi connectivity index (χ1v) is 5.16. The summed E-state index contributed by atoms with van der Waals surface area (Å²) in [5.41, 5.74) is 6.46. The Morgan fingerprint density at radius 3 is 2.93 bits per heavy atom. The zero-order valence-corrected chi connectivity index (χ0v) is 9.54. The third kappa shape index (κ3) is 3.47. The van der Waals surface area contributed by atoms with Gasteiger partial charge >= 0.3 is 0 Å². The van der Waals surface area contributed by atoms with Crippen molar-refractivity contribution in [3.05, 3.63) is 34.3 Å². The topological polar surface area (TPSA) is 55.1 Å². The lowest BCUT2D eigenvalue weighted by Crippen LogP contribution is -2.37. The van der Waals surface area contributed by atoms with Gasteiger partial charge in [-0.25, -0.2) is 0 Å². The van der Waals surface area contributed by atoms with Crippen molar-refractivity contribution in [1.82, 2.24) is 5.32 Å². The fraction of sp³-hybridized carbons (Fsp3) is 0.300. The highest BCUT2D eigenvalue weighted by molar-refractivity contribution is 9.10. The molecule has 3 N–H and O–H groups in total. The summed E-state index contributed by atoms with van der Waals surface area (Å²) >= 11 is 3.36. The van der Waals surface area contributed by atoms with E-state index in [0.29, 0.717) is 6.54 Å². The molecule has 0 saturated carbocycles. The van der Waals surface area contributed by atoms with Gasteiger partial charge in [0.25, 0.3) is 0 Å². The first-order chi connectivity index (χ1) is 6.59. The second kappa shape index (κ2) is 5.12. The molecule has 0 saturated heterocycles. The van der Waals surface area contributed by atoms with Crippen molar-refractivity contribution in [2.24, 2.45) is 5.73 Å². The maximum atomic E-state index is 11.2. The fourth-order valence-corrected chi connectivity index (χ4v) is 1.44. The van der Waals surface area contributed by atoms with E-state index < -0.39 is 6.04 Å². The Morgan fingerprint density at radius 1 is 1.64 bits per heavy atom. The Morgan fingerprint density at radius 2 is 2.36 bits per heavy atom. The molecule has 0 heterocycles. The minimum Gasteiger partial charge on any atom is -0.351 e. The van der Waals surface area contributed by atoms with Gasteiger partial charge in [-0.2, -0.15) is 0 Å². The number of rotatable bonds is 3. The summed E-state index contributed by atoms with van der Waals surface area (Å²) in [6.07, 6.45) is 0. The predicted octanol–water partition coefficient (Wildman–Crippen LogP) is 1.41. The molecule has 0 fully saturated rings. The van der Waals surface area contributed by atoms with Crippen LogP contribution in [0.4, 0.5) is 0 Å². The standard InChI is InChI=1S/C10H13BrN2O/c1-7(12)10(14)13-6-8-3-2-4-9(11)5-8/h2-5,7H,6,12H2,1H3,(H,13,14)/t7-/m0/s1. The number of amides is 1. The SMILES string of the molecule is C[C@H](N)C(=O)NCc1cccc(Br)c1. The third-order valence-electron chi connectivity index (χ3n) is 1.77. The van der Waals surface area contributed by atoms with Gasteiger partial charge in [0.1, 0.15) is 0 Å². The summed E-state index contributed by atoms with van der Waals surface area (Å²) in [5, 5.41) is 2.74. The van der Waals surface area contributed by atoms with E-state index in [1.54, 1.807) is 6.92 Å². The van der Waals surface area contributed by atoms with Gasteiger partial charge in [0, 0.05) is 11.0 Å². The van der Waals surface area contributed by atoms with Crippen LogP contribution in [0.2, 0.25) is 0 Å². The highest BCUT2D eigenvalue weighted by atomic mass is 79.9. The molecule has 0 aliphatic heterocycles. The smallest absolute Gasteiger partial charge is 0.236 e. The zero-order valence-electron chi connectivity index (χ0n) is 7.96. The number of benzene rings is 1. The van der Waals surface area contributed by atoms with Crippen molar-refractivity contribution in [3.63, 3.8) is 0 Å². The van der Waals surface area contributed by atoms with E-state index in [-0.39, 0.29) is 5.91 Å². The molecule has 1 atom stereocenters. The molecule has 1 rings (SSSR count). The largest absolute Gasteiger partial charge is 0.351 e. The molecule has 0 spiro atoms. The molecule has 76 valence electrons. The van der Waals surface area contributed by atoms with E-state index in [9.17, 15) is 4.79 Å². The first kappa shape index (κ1) is 11.2. The van der Waals surface area contributed by atoms with Crippen LogP contribution in [-0.2, 0) is 11.3 Å². The molecule has 0 bridgehead atoms. The Bertz CT molecular complexity index is 326. The average Bonchev–Trinajstić information content (AvgIpc) is 2.14. The van der Waals surface area contributed by atoms with Crippen molar-refractivity contribution in [2.75, 3.05) is 0 Å². The van der Waals surface area contributed by atoms with E-state index in [2.05, 4.69) is 21.2 Å². The summed E-state index contributed by atoms with van der Waals surface area (Å²) in [7, 11) is 0. The lowest BCUT2D eigenvalue weighted by atomic mass is 10.2. The fourth-order valence-electron chi connectivity index (χ4n) is 0.997. The molecule has 0 unspecified atom stereocenters. The highest BCUT2D eigenvalue weighted by Crippen LogP contribution is 2.11. The van der Waals surface area contributed by atoms with Crippen LogP contribution in [0.15, 0.2) is 28.7 Å². The Kier molecular flexibility index (Phi) is 4.10. The van der Waals surface area contributed by atoms with E-state index in [0.717, 1.165) is 10.0 Å². The lowest BCUT2D eigenvalue weighted by Gasteiger charge is -2.07. The minimum atomic E-state index is -0.456. The maximum Gasteiger partial charge on any atom is 0.236 e. The van der Waals surface area contributed by atoms with Crippen LogP contribution in [-0.4, -0.2) is 11.9 Å². The van der Waals surface area contributed by atoms with Crippen LogP contribution in [0.5, 0.6) is 0 Å². The van der Waals surface area contributed by atoms with Gasteiger partial charge in [-0.05, 0) is 24.6 Å². The van der Waals surface area contributed by atoms with Crippen LogP contribution in [0.3, 0.4) is 0 Å². The van der Waals surface area contributed by atoms with E-state index in [1.807, 2.05) is 24.3 Å². The third-order valence-corrected chi connectivity index (χ3v) is 2.26. The van der Waals surface area contributed by atoms with Crippen molar-refractivity contribution in [2.45, 2.75) is 19.5 Å². The van der Waals surface area contributed by atoms with Gasteiger partial charge in [0.05, 0.1) is 6.04 Å². The highest BCUT2D eigenvalue weighted by Gasteiger charge is 2.05. The van der Waals surface area contributed by atoms with Crippen LogP contribution < -0.4 is 11.1 Å². The van der Waals surface area contributed by atoms with Crippen LogP contribution in [0.1, 0.15) is 12.5 Å². The number of nitrogens with one attached hydrogen (secondary N) is 1. The molecular weight excluding hydrogens is 244 g/mol. The molecule has 4 heteroatoms. The number of nitrogens with two attached hydrogens (primary N) is 1. The second-order valence-corrected chi connectivity index (χ2v) is 4.05. The van der Waals surface area contributed by atoms with E-state index >= 15 is 0 Å². The molecular formula is C10H13BrN2O. The molecule has 14 heavy (non-hydrogen) atoms. The quantitative estimate of drug-likeness (QED) is 0.860. The summed E-state index contributed by atoms with van der Waals surface area (Å²) in [6, 6.07) is 7.32. The molecule has 0 aliphatic carbocycles. The van der Waals surface area contributed by atoms with Gasteiger partial charge in [-0.1, -0.05) is 28.1 Å². The summed E-state index contributed by atoms with van der Waals surface area (Å²) < 4.78 is 1.00. The van der Waals surface area contributed by atoms with Gasteiger partial charge in [0.15, 0.2) is 0 Å². The lowest BCUT2D eigenvalue weighted by molar-refractivity contribution is -0.122. The minimum absolute atomic E-state index is 0.134. The van der Waals surface area contributed by atoms with Crippen LogP contribution in [0, 0.1) is 0 Å². The van der Waals surface area contributed by atoms with Gasteiger partial charge < -0.3 is 11.1 Å². The van der Waals surface area contributed by atoms with E-state index in [4.69, 9.17) is 5.73 Å². The van der Waals surface area contributed by atoms with Gasteiger partial charge in [-0.3, -0.25) is 4.79 Å². The molecule has 3 nitrogen and oxygen atoms in total. The molecule has 0 aromatic heterocycles. The maximum absolute atomic E-state index is 11.2. The van der Waals surface area contributed by atoms with Crippen molar-refractivity contribution in [1.29, 1.82) is 0 Å². The van der Waals surface area contributed by atoms with Crippen molar-refractivity contribution >= 4 is 21.8 Å². The van der Waals surface area contributed by atoms with Crippen molar-refractivity contribution in [3.8, 4) is 0 Å². The number of hydrogen-bond donors (Lipinski definition) is 2. The summed E-state index contributed by atoms with van der Waals surface area (Å²) in [5.74, 6) is -0.134. The molecule has 0 aliphatic rings. The predicted molar refractivity (Wildman–Crippen MR) is 59.6 cm³/mol. The normalized spacial score (nSPS) is 12.2. The van der Waals surface area contributed by atoms with Crippen LogP contribution in [0.25, 0.3) is 0 Å². The van der Waals surface area contributed by atoms with Crippen molar-refractivity contribution < 1.29 is 4.79 Å². The average molecular weight is 257 g/mol. The molecule has 1 amide bonds. The number of hydrogen-bond acceptors (Lipinski definition) is 2. The number of halogens is 1. The Labute approximate surface area is 91.8 Å².